The van der Waals surface area contributed by atoms with E-state index in [0.717, 1.165) is 27.8 Å². The highest BCUT2D eigenvalue weighted by atomic mass is 19.1. The normalized spacial score (nSPS) is 11.1. The summed E-state index contributed by atoms with van der Waals surface area (Å²) in [6.07, 6.45) is 3.08. The smallest absolute Gasteiger partial charge is 0.226 e. The van der Waals surface area contributed by atoms with Crippen LogP contribution in [0.3, 0.4) is 0 Å². The highest BCUT2D eigenvalue weighted by Crippen LogP contribution is 2.43. The zero-order chi connectivity index (χ0) is 29.3. The molecule has 1 heterocycles. The summed E-state index contributed by atoms with van der Waals surface area (Å²) in [5.41, 5.74) is 5.03. The minimum absolute atomic E-state index is 0. The standard InChI is InChI=1S/C29H37FN4O3.C2H6.H3N.H2/c1-8-19-14-20-28(18(5)26(19)27-21(30)12-11-13-23(27)37-7)32-16-22(34(6)25(36)10-3)29(20)31-15-17(4)33-24(35)9-2;1-2;;/h11-14,16-17H,8-10,15H2,1-7H3,(H,31,32)(H,33,35);1-2H3;1H3;1H/t17-;;;/m1.../s1. The quantitative estimate of drug-likeness (QED) is 0.246. The summed E-state index contributed by atoms with van der Waals surface area (Å²) in [7, 11) is 3.26. The van der Waals surface area contributed by atoms with Crippen molar-refractivity contribution in [3.05, 3.63) is 47.4 Å². The number of amides is 2. The minimum Gasteiger partial charge on any atom is -0.496 e. The number of aromatic nitrogens is 1. The summed E-state index contributed by atoms with van der Waals surface area (Å²) in [5, 5.41) is 7.26. The van der Waals surface area contributed by atoms with Crippen molar-refractivity contribution in [2.45, 2.75) is 73.8 Å². The molecule has 0 radical (unpaired) electrons. The molecule has 0 aliphatic heterocycles. The van der Waals surface area contributed by atoms with Crippen LogP contribution in [0.2, 0.25) is 0 Å². The Labute approximate surface area is 239 Å². The third-order valence-electron chi connectivity index (χ3n) is 6.64. The number of rotatable bonds is 10. The molecule has 0 unspecified atom stereocenters. The van der Waals surface area contributed by atoms with Crippen LogP contribution in [-0.4, -0.2) is 43.5 Å². The van der Waals surface area contributed by atoms with E-state index in [2.05, 4.69) is 10.6 Å². The van der Waals surface area contributed by atoms with Gasteiger partial charge in [0.2, 0.25) is 11.8 Å². The van der Waals surface area contributed by atoms with Gasteiger partial charge in [-0.25, -0.2) is 4.39 Å². The monoisotopic (exact) mass is 557 g/mol. The predicted octanol–water partition coefficient (Wildman–Crippen LogP) is 7.05. The number of nitrogens with zero attached hydrogens (tertiary/aromatic N) is 2. The van der Waals surface area contributed by atoms with E-state index in [1.165, 1.54) is 13.2 Å². The molecule has 0 saturated carbocycles. The van der Waals surface area contributed by atoms with Crippen molar-refractivity contribution in [1.82, 2.24) is 16.5 Å². The SMILES string of the molecule is CC.CCC(=O)N[C@H](C)CNc1c(N(C)C(=O)CC)cnc2c(C)c(-c3c(F)cccc3OC)c(CC)cc12.N.[HH]. The number of hydrogen-bond acceptors (Lipinski definition) is 6. The second-order valence-corrected chi connectivity index (χ2v) is 9.13. The molecular weight excluding hydrogens is 509 g/mol. The Kier molecular flexibility index (Phi) is 13.5. The predicted molar refractivity (Wildman–Crippen MR) is 166 cm³/mol. The molecule has 9 heteroatoms. The van der Waals surface area contributed by atoms with Gasteiger partial charge in [0.1, 0.15) is 11.6 Å². The average Bonchev–Trinajstić information content (AvgIpc) is 2.95. The second kappa shape index (κ2) is 15.8. The highest BCUT2D eigenvalue weighted by Gasteiger charge is 2.23. The fraction of sp³-hybridized carbons (Fsp3) is 0.452. The van der Waals surface area contributed by atoms with Crippen LogP contribution in [0, 0.1) is 12.7 Å². The number of fused-ring (bicyclic) bond motifs is 1. The van der Waals surface area contributed by atoms with Gasteiger partial charge in [0.05, 0.1) is 35.8 Å². The zero-order valence-electron chi connectivity index (χ0n) is 25.5. The van der Waals surface area contributed by atoms with Crippen LogP contribution in [0.15, 0.2) is 30.5 Å². The molecule has 1 atom stereocenters. The molecule has 8 nitrogen and oxygen atoms in total. The average molecular weight is 558 g/mol. The number of pyridine rings is 1. The first-order valence-electron chi connectivity index (χ1n) is 13.8. The van der Waals surface area contributed by atoms with Crippen LogP contribution >= 0.6 is 0 Å². The van der Waals surface area contributed by atoms with Gasteiger partial charge in [0, 0.05) is 39.3 Å². The maximum Gasteiger partial charge on any atom is 0.226 e. The molecule has 3 aromatic rings. The lowest BCUT2D eigenvalue weighted by Crippen LogP contribution is -2.37. The molecule has 2 aromatic carbocycles. The summed E-state index contributed by atoms with van der Waals surface area (Å²) < 4.78 is 20.7. The maximum absolute atomic E-state index is 15.1. The van der Waals surface area contributed by atoms with Gasteiger partial charge >= 0.3 is 0 Å². The van der Waals surface area contributed by atoms with Gasteiger partial charge in [0.25, 0.3) is 0 Å². The molecule has 2 amide bonds. The van der Waals surface area contributed by atoms with Crippen molar-refractivity contribution in [1.29, 1.82) is 0 Å². The van der Waals surface area contributed by atoms with Crippen LogP contribution < -0.4 is 26.4 Å². The number of methoxy groups -OCH3 is 1. The largest absolute Gasteiger partial charge is 0.496 e. The Morgan fingerprint density at radius 2 is 1.82 bits per heavy atom. The molecular formula is C31H48FN5O3. The van der Waals surface area contributed by atoms with E-state index in [0.29, 0.717) is 48.3 Å². The van der Waals surface area contributed by atoms with Crippen molar-refractivity contribution in [2.75, 3.05) is 30.9 Å². The fourth-order valence-electron chi connectivity index (χ4n) is 4.60. The van der Waals surface area contributed by atoms with Crippen LogP contribution in [0.5, 0.6) is 5.75 Å². The van der Waals surface area contributed by atoms with Gasteiger partial charge < -0.3 is 26.4 Å². The maximum atomic E-state index is 15.1. The Bertz CT molecular complexity index is 1320. The van der Waals surface area contributed by atoms with Crippen molar-refractivity contribution < 1.29 is 20.1 Å². The van der Waals surface area contributed by atoms with E-state index in [4.69, 9.17) is 9.72 Å². The van der Waals surface area contributed by atoms with E-state index in [1.807, 2.05) is 54.5 Å². The number of carbonyl (C=O) groups is 2. The first-order chi connectivity index (χ1) is 18.7. The Morgan fingerprint density at radius 1 is 1.15 bits per heavy atom. The molecule has 0 aliphatic rings. The fourth-order valence-corrected chi connectivity index (χ4v) is 4.60. The summed E-state index contributed by atoms with van der Waals surface area (Å²) in [4.78, 5) is 30.8. The number of hydrogen-bond donors (Lipinski definition) is 3. The lowest BCUT2D eigenvalue weighted by atomic mass is 9.89. The molecule has 40 heavy (non-hydrogen) atoms. The van der Waals surface area contributed by atoms with Crippen molar-refractivity contribution >= 4 is 34.1 Å². The number of halogens is 1. The van der Waals surface area contributed by atoms with Crippen molar-refractivity contribution in [3.8, 4) is 16.9 Å². The van der Waals surface area contributed by atoms with Crippen LogP contribution in [-0.2, 0) is 16.0 Å². The molecule has 0 bridgehead atoms. The number of carbonyl (C=O) groups excluding carboxylic acids is 2. The highest BCUT2D eigenvalue weighted by molar-refractivity contribution is 6.06. The topological polar surface area (TPSA) is 119 Å². The molecule has 0 saturated heterocycles. The summed E-state index contributed by atoms with van der Waals surface area (Å²) in [5.74, 6) is 0.0257. The van der Waals surface area contributed by atoms with E-state index in [9.17, 15) is 9.59 Å². The van der Waals surface area contributed by atoms with E-state index in [-0.39, 0.29) is 31.3 Å². The number of anilines is 2. The van der Waals surface area contributed by atoms with E-state index in [1.54, 1.807) is 30.3 Å². The van der Waals surface area contributed by atoms with Gasteiger partial charge in [-0.3, -0.25) is 14.6 Å². The van der Waals surface area contributed by atoms with Gasteiger partial charge in [-0.1, -0.05) is 40.7 Å². The lowest BCUT2D eigenvalue weighted by molar-refractivity contribution is -0.121. The lowest BCUT2D eigenvalue weighted by Gasteiger charge is -2.25. The first-order valence-corrected chi connectivity index (χ1v) is 13.8. The van der Waals surface area contributed by atoms with Gasteiger partial charge in [-0.05, 0) is 55.2 Å². The number of nitrogens with one attached hydrogen (secondary N) is 2. The molecule has 0 aliphatic carbocycles. The Morgan fingerprint density at radius 3 is 2.40 bits per heavy atom. The zero-order valence-corrected chi connectivity index (χ0v) is 25.5. The Balaban J connectivity index is 0.00000391. The molecule has 5 N–H and O–H groups in total. The molecule has 1 aromatic heterocycles. The van der Waals surface area contributed by atoms with Crippen LogP contribution in [0.25, 0.3) is 22.0 Å². The van der Waals surface area contributed by atoms with E-state index < -0.39 is 0 Å². The van der Waals surface area contributed by atoms with E-state index >= 15 is 4.39 Å². The molecule has 0 fully saturated rings. The molecule has 222 valence electrons. The van der Waals surface area contributed by atoms with Crippen molar-refractivity contribution in [2.24, 2.45) is 0 Å². The second-order valence-electron chi connectivity index (χ2n) is 9.13. The van der Waals surface area contributed by atoms with Crippen molar-refractivity contribution in [3.63, 3.8) is 0 Å². The number of aryl methyl sites for hydroxylation is 2. The minimum atomic E-state index is -0.361. The third kappa shape index (κ3) is 7.27. The van der Waals surface area contributed by atoms with Crippen LogP contribution in [0.1, 0.15) is 66.9 Å². The third-order valence-corrected chi connectivity index (χ3v) is 6.64. The summed E-state index contributed by atoms with van der Waals surface area (Å²) in [6.45, 7) is 14.0. The number of ether oxygens (including phenoxy) is 1. The molecule has 3 rings (SSSR count). The van der Waals surface area contributed by atoms with Gasteiger partial charge in [0.15, 0.2) is 0 Å². The van der Waals surface area contributed by atoms with Crippen LogP contribution in [0.4, 0.5) is 15.8 Å². The van der Waals surface area contributed by atoms with Gasteiger partial charge in [-0.15, -0.1) is 0 Å². The number of benzene rings is 2. The van der Waals surface area contributed by atoms with Gasteiger partial charge in [-0.2, -0.15) is 0 Å². The summed E-state index contributed by atoms with van der Waals surface area (Å²) >= 11 is 0. The Hall–Kier alpha value is -3.72. The molecule has 0 spiro atoms. The summed E-state index contributed by atoms with van der Waals surface area (Å²) in [6, 6.07) is 6.70. The first kappa shape index (κ1) is 34.3.